The molecule has 1 aliphatic rings. The maximum atomic E-state index is 4.50. The third-order valence-corrected chi connectivity index (χ3v) is 0.908. The maximum absolute atomic E-state index is 4.50. The number of nitrogens with two attached hydrogens (primary N) is 1. The van der Waals surface area contributed by atoms with Crippen LogP contribution in [0.1, 0.15) is 33.1 Å². The van der Waals surface area contributed by atoms with Gasteiger partial charge in [-0.15, -0.1) is 0 Å². The van der Waals surface area contributed by atoms with Crippen molar-refractivity contribution in [2.24, 2.45) is 5.73 Å². The zero-order valence-electron chi connectivity index (χ0n) is 6.85. The van der Waals surface area contributed by atoms with Crippen LogP contribution < -0.4 is 5.73 Å². The average molecular weight is 129 g/mol. The second-order valence-electron chi connectivity index (χ2n) is 1.40. The Morgan fingerprint density at radius 1 is 1.00 bits per heavy atom. The molecule has 0 spiro atoms. The normalized spacial score (nSPS) is 12.9. The van der Waals surface area contributed by atoms with Crippen molar-refractivity contribution in [3.8, 4) is 0 Å². The number of hydrogen-bond donors (Lipinski definition) is 1. The molecule has 0 aliphatic heterocycles. The molecule has 1 nitrogen and oxygen atoms in total. The Morgan fingerprint density at radius 3 is 1.44 bits per heavy atom. The van der Waals surface area contributed by atoms with Crippen LogP contribution in [0.3, 0.4) is 0 Å². The predicted molar refractivity (Wildman–Crippen MR) is 44.5 cm³/mol. The van der Waals surface area contributed by atoms with E-state index in [1.165, 1.54) is 26.3 Å². The zero-order valence-corrected chi connectivity index (χ0v) is 6.85. The number of rotatable bonds is 0. The molecule has 0 aromatic rings. The lowest BCUT2D eigenvalue weighted by molar-refractivity contribution is 0.929. The minimum absolute atomic E-state index is 1.32. The summed E-state index contributed by atoms with van der Waals surface area (Å²) in [4.78, 5) is 0. The van der Waals surface area contributed by atoms with Gasteiger partial charge < -0.3 is 5.73 Å². The van der Waals surface area contributed by atoms with Crippen LogP contribution in [0.25, 0.3) is 0 Å². The highest BCUT2D eigenvalue weighted by atomic mass is 14.4. The summed E-state index contributed by atoms with van der Waals surface area (Å²) in [6.45, 7) is 4.00. The lowest BCUT2D eigenvalue weighted by atomic mass is 10.4. The standard InChI is InChI=1S/C5H8.C2H6.CH5N/c1-2-4-5-3-1;2*1-2/h1-2H,3-5H2;1-2H3;2H2,1H3. The molecule has 0 saturated carbocycles. The van der Waals surface area contributed by atoms with Crippen molar-refractivity contribution >= 4 is 0 Å². The lowest BCUT2D eigenvalue weighted by Gasteiger charge is -1.69. The van der Waals surface area contributed by atoms with Crippen molar-refractivity contribution in [3.63, 3.8) is 0 Å². The summed E-state index contributed by atoms with van der Waals surface area (Å²) in [7, 11) is 1.50. The molecule has 0 aromatic heterocycles. The first-order chi connectivity index (χ1) is 4.50. The molecule has 0 fully saturated rings. The van der Waals surface area contributed by atoms with E-state index in [4.69, 9.17) is 0 Å². The van der Waals surface area contributed by atoms with Crippen LogP contribution in [0.15, 0.2) is 12.2 Å². The van der Waals surface area contributed by atoms with Gasteiger partial charge in [0.05, 0.1) is 0 Å². The Hall–Kier alpha value is -0.300. The van der Waals surface area contributed by atoms with E-state index in [-0.39, 0.29) is 0 Å². The summed E-state index contributed by atoms with van der Waals surface area (Å²) in [6, 6.07) is 0. The molecule has 56 valence electrons. The van der Waals surface area contributed by atoms with Gasteiger partial charge in [0, 0.05) is 0 Å². The highest BCUT2D eigenvalue weighted by Gasteiger charge is 1.84. The molecule has 1 heteroatoms. The van der Waals surface area contributed by atoms with Gasteiger partial charge in [-0.05, 0) is 26.3 Å². The Balaban J connectivity index is 0. The van der Waals surface area contributed by atoms with Gasteiger partial charge in [-0.2, -0.15) is 0 Å². The SMILES string of the molecule is C1=CCCC1.CC.CN. The third kappa shape index (κ3) is 11.3. The highest BCUT2D eigenvalue weighted by molar-refractivity contribution is 4.88. The molecule has 0 unspecified atom stereocenters. The molecular formula is C8H19N. The van der Waals surface area contributed by atoms with Crippen LogP contribution in [-0.2, 0) is 0 Å². The van der Waals surface area contributed by atoms with Crippen molar-refractivity contribution in [2.45, 2.75) is 33.1 Å². The fraction of sp³-hybridized carbons (Fsp3) is 0.750. The molecule has 0 bridgehead atoms. The van der Waals surface area contributed by atoms with Crippen LogP contribution in [-0.4, -0.2) is 7.05 Å². The Labute approximate surface area is 58.9 Å². The predicted octanol–water partition coefficient (Wildman–Crippen LogP) is 2.33. The Kier molecular flexibility index (Phi) is 20.0. The van der Waals surface area contributed by atoms with E-state index in [9.17, 15) is 0 Å². The molecule has 9 heavy (non-hydrogen) atoms. The Morgan fingerprint density at radius 2 is 1.33 bits per heavy atom. The maximum Gasteiger partial charge on any atom is -0.0195 e. The summed E-state index contributed by atoms with van der Waals surface area (Å²) < 4.78 is 0. The molecular weight excluding hydrogens is 110 g/mol. The fourth-order valence-corrected chi connectivity index (χ4v) is 0.589. The molecule has 0 radical (unpaired) electrons. The van der Waals surface area contributed by atoms with Crippen LogP contribution in [0.5, 0.6) is 0 Å². The van der Waals surface area contributed by atoms with Gasteiger partial charge >= 0.3 is 0 Å². The average Bonchev–Trinajstić information content (AvgIpc) is 2.51. The molecule has 0 aromatic carbocycles. The topological polar surface area (TPSA) is 26.0 Å². The second kappa shape index (κ2) is 15.6. The smallest absolute Gasteiger partial charge is 0.0195 e. The van der Waals surface area contributed by atoms with Crippen LogP contribution in [0, 0.1) is 0 Å². The zero-order chi connectivity index (χ0) is 7.54. The molecule has 1 aliphatic carbocycles. The van der Waals surface area contributed by atoms with E-state index in [1.54, 1.807) is 0 Å². The van der Waals surface area contributed by atoms with Gasteiger partial charge in [0.25, 0.3) is 0 Å². The highest BCUT2D eigenvalue weighted by Crippen LogP contribution is 2.05. The fourth-order valence-electron chi connectivity index (χ4n) is 0.589. The van der Waals surface area contributed by atoms with Crippen LogP contribution >= 0.6 is 0 Å². The van der Waals surface area contributed by atoms with Crippen molar-refractivity contribution < 1.29 is 0 Å². The lowest BCUT2D eigenvalue weighted by Crippen LogP contribution is -1.69. The van der Waals surface area contributed by atoms with E-state index in [0.29, 0.717) is 0 Å². The van der Waals surface area contributed by atoms with Crippen molar-refractivity contribution in [2.75, 3.05) is 7.05 Å². The summed E-state index contributed by atoms with van der Waals surface area (Å²) in [6.07, 6.45) is 8.50. The van der Waals surface area contributed by atoms with Gasteiger partial charge in [-0.25, -0.2) is 0 Å². The molecule has 2 N–H and O–H groups in total. The van der Waals surface area contributed by atoms with E-state index >= 15 is 0 Å². The van der Waals surface area contributed by atoms with E-state index in [1.807, 2.05) is 13.8 Å². The van der Waals surface area contributed by atoms with Crippen molar-refractivity contribution in [1.29, 1.82) is 0 Å². The van der Waals surface area contributed by atoms with Gasteiger partial charge in [0.15, 0.2) is 0 Å². The van der Waals surface area contributed by atoms with Gasteiger partial charge in [0.1, 0.15) is 0 Å². The number of hydrogen-bond acceptors (Lipinski definition) is 1. The molecule has 0 amide bonds. The van der Waals surface area contributed by atoms with E-state index in [2.05, 4.69) is 17.9 Å². The van der Waals surface area contributed by atoms with Crippen LogP contribution in [0.2, 0.25) is 0 Å². The monoisotopic (exact) mass is 129 g/mol. The summed E-state index contributed by atoms with van der Waals surface area (Å²) in [5.41, 5.74) is 4.50. The van der Waals surface area contributed by atoms with Gasteiger partial charge in [-0.1, -0.05) is 26.0 Å². The first-order valence-electron chi connectivity index (χ1n) is 3.73. The first-order valence-corrected chi connectivity index (χ1v) is 3.73. The van der Waals surface area contributed by atoms with E-state index in [0.717, 1.165) is 0 Å². The van der Waals surface area contributed by atoms with Crippen molar-refractivity contribution in [3.05, 3.63) is 12.2 Å². The molecule has 0 heterocycles. The summed E-state index contributed by atoms with van der Waals surface area (Å²) in [5.74, 6) is 0. The van der Waals surface area contributed by atoms with Gasteiger partial charge in [0.2, 0.25) is 0 Å². The second-order valence-corrected chi connectivity index (χ2v) is 1.40. The molecule has 1 rings (SSSR count). The molecule has 0 atom stereocenters. The third-order valence-electron chi connectivity index (χ3n) is 0.908. The summed E-state index contributed by atoms with van der Waals surface area (Å²) in [5, 5.41) is 0. The summed E-state index contributed by atoms with van der Waals surface area (Å²) >= 11 is 0. The van der Waals surface area contributed by atoms with E-state index < -0.39 is 0 Å². The minimum atomic E-state index is 1.32. The van der Waals surface area contributed by atoms with Crippen LogP contribution in [0.4, 0.5) is 0 Å². The first kappa shape index (κ1) is 11.5. The number of allylic oxidation sites excluding steroid dienone is 2. The van der Waals surface area contributed by atoms with Gasteiger partial charge in [-0.3, -0.25) is 0 Å². The quantitative estimate of drug-likeness (QED) is 0.499. The molecule has 0 saturated heterocycles. The largest absolute Gasteiger partial charge is 0.333 e. The van der Waals surface area contributed by atoms with Crippen molar-refractivity contribution in [1.82, 2.24) is 0 Å². The Bertz CT molecular complexity index is 42.5. The minimum Gasteiger partial charge on any atom is -0.333 e.